The molecule has 0 aliphatic carbocycles. The number of benzene rings is 1. The van der Waals surface area contributed by atoms with Crippen molar-refractivity contribution in [3.63, 3.8) is 0 Å². The summed E-state index contributed by atoms with van der Waals surface area (Å²) in [6.45, 7) is 5.19. The molecule has 1 aromatic rings. The molecule has 0 saturated carbocycles. The number of amides is 1. The van der Waals surface area contributed by atoms with E-state index in [1.54, 1.807) is 20.8 Å². The molecule has 1 aromatic carbocycles. The average molecular weight is 251 g/mol. The van der Waals surface area contributed by atoms with Gasteiger partial charge in [0.05, 0.1) is 0 Å². The molecule has 0 aliphatic heterocycles. The highest BCUT2D eigenvalue weighted by Gasteiger charge is 2.32. The third kappa shape index (κ3) is 3.48. The summed E-state index contributed by atoms with van der Waals surface area (Å²) in [7, 11) is 0. The van der Waals surface area contributed by atoms with Gasteiger partial charge in [-0.3, -0.25) is 4.79 Å². The Hall–Kier alpha value is -2.04. The van der Waals surface area contributed by atoms with E-state index in [4.69, 9.17) is 5.11 Å². The molecule has 1 rings (SSSR count). The summed E-state index contributed by atoms with van der Waals surface area (Å²) in [4.78, 5) is 23.0. The Morgan fingerprint density at radius 3 is 2.33 bits per heavy atom. The Bertz CT molecular complexity index is 462. The van der Waals surface area contributed by atoms with E-state index < -0.39 is 23.3 Å². The second-order valence-corrected chi connectivity index (χ2v) is 5.16. The first-order chi connectivity index (χ1) is 8.21. The van der Waals surface area contributed by atoms with E-state index in [1.807, 2.05) is 0 Å². The minimum absolute atomic E-state index is 0.0368. The van der Waals surface area contributed by atoms with Gasteiger partial charge in [-0.1, -0.05) is 26.8 Å². The van der Waals surface area contributed by atoms with E-state index in [1.165, 1.54) is 24.3 Å². The molecule has 5 heteroatoms. The fourth-order valence-electron chi connectivity index (χ4n) is 1.51. The molecule has 0 radical (unpaired) electrons. The number of phenolic OH excluding ortho intramolecular Hbond substituents is 1. The second-order valence-electron chi connectivity index (χ2n) is 5.16. The number of carboxylic acid groups (broad SMARTS) is 1. The SMILES string of the molecule is CC(C)(C)C(NC(=O)c1cccc(O)c1)C(=O)O. The van der Waals surface area contributed by atoms with Crippen LogP contribution in [0.3, 0.4) is 0 Å². The molecule has 0 heterocycles. The van der Waals surface area contributed by atoms with E-state index >= 15 is 0 Å². The van der Waals surface area contributed by atoms with E-state index in [9.17, 15) is 14.7 Å². The maximum Gasteiger partial charge on any atom is 0.326 e. The zero-order chi connectivity index (χ0) is 13.9. The highest BCUT2D eigenvalue weighted by molar-refractivity contribution is 5.97. The summed E-state index contributed by atoms with van der Waals surface area (Å²) < 4.78 is 0. The largest absolute Gasteiger partial charge is 0.508 e. The van der Waals surface area contributed by atoms with Gasteiger partial charge in [0.1, 0.15) is 11.8 Å². The van der Waals surface area contributed by atoms with Crippen LogP contribution in [0.15, 0.2) is 24.3 Å². The van der Waals surface area contributed by atoms with Crippen molar-refractivity contribution in [2.24, 2.45) is 5.41 Å². The zero-order valence-electron chi connectivity index (χ0n) is 10.6. The van der Waals surface area contributed by atoms with Crippen LogP contribution >= 0.6 is 0 Å². The van der Waals surface area contributed by atoms with Crippen molar-refractivity contribution < 1.29 is 19.8 Å². The Morgan fingerprint density at radius 2 is 1.89 bits per heavy atom. The molecule has 1 atom stereocenters. The lowest BCUT2D eigenvalue weighted by molar-refractivity contribution is -0.142. The second kappa shape index (κ2) is 5.08. The molecular formula is C13H17NO4. The van der Waals surface area contributed by atoms with Gasteiger partial charge < -0.3 is 15.5 Å². The molecule has 0 saturated heterocycles. The molecule has 1 amide bonds. The molecular weight excluding hydrogens is 234 g/mol. The Morgan fingerprint density at radius 1 is 1.28 bits per heavy atom. The van der Waals surface area contributed by atoms with Gasteiger partial charge in [0.15, 0.2) is 0 Å². The van der Waals surface area contributed by atoms with Crippen LogP contribution in [0, 0.1) is 5.41 Å². The van der Waals surface area contributed by atoms with Crippen LogP contribution < -0.4 is 5.32 Å². The van der Waals surface area contributed by atoms with Crippen molar-refractivity contribution in [3.05, 3.63) is 29.8 Å². The number of aliphatic carboxylic acids is 1. The summed E-state index contributed by atoms with van der Waals surface area (Å²) in [6.07, 6.45) is 0. The van der Waals surface area contributed by atoms with Gasteiger partial charge in [0.25, 0.3) is 5.91 Å². The highest BCUT2D eigenvalue weighted by atomic mass is 16.4. The van der Waals surface area contributed by atoms with Crippen LogP contribution in [-0.4, -0.2) is 28.1 Å². The third-order valence-corrected chi connectivity index (χ3v) is 2.50. The van der Waals surface area contributed by atoms with Crippen LogP contribution in [0.1, 0.15) is 31.1 Å². The number of carbonyl (C=O) groups excluding carboxylic acids is 1. The number of hydrogen-bond acceptors (Lipinski definition) is 3. The van der Waals surface area contributed by atoms with E-state index in [2.05, 4.69) is 5.32 Å². The first-order valence-corrected chi connectivity index (χ1v) is 5.54. The van der Waals surface area contributed by atoms with Gasteiger partial charge in [-0.25, -0.2) is 4.79 Å². The minimum Gasteiger partial charge on any atom is -0.508 e. The lowest BCUT2D eigenvalue weighted by atomic mass is 9.86. The van der Waals surface area contributed by atoms with E-state index in [0.717, 1.165) is 0 Å². The number of aromatic hydroxyl groups is 1. The fourth-order valence-corrected chi connectivity index (χ4v) is 1.51. The van der Waals surface area contributed by atoms with Gasteiger partial charge in [0, 0.05) is 5.56 Å². The maximum atomic E-state index is 11.9. The Labute approximate surface area is 105 Å². The molecule has 0 spiro atoms. The molecule has 0 aromatic heterocycles. The normalized spacial score (nSPS) is 12.8. The monoisotopic (exact) mass is 251 g/mol. The predicted molar refractivity (Wildman–Crippen MR) is 66.5 cm³/mol. The number of phenols is 1. The lowest BCUT2D eigenvalue weighted by Crippen LogP contribution is -2.49. The van der Waals surface area contributed by atoms with Crippen molar-refractivity contribution in [1.29, 1.82) is 0 Å². The summed E-state index contributed by atoms with van der Waals surface area (Å²) in [5.41, 5.74) is -0.372. The van der Waals surface area contributed by atoms with Gasteiger partial charge >= 0.3 is 5.97 Å². The molecule has 18 heavy (non-hydrogen) atoms. The van der Waals surface area contributed by atoms with Gasteiger partial charge in [-0.15, -0.1) is 0 Å². The van der Waals surface area contributed by atoms with Crippen LogP contribution in [0.2, 0.25) is 0 Å². The molecule has 0 bridgehead atoms. The Balaban J connectivity index is 2.89. The molecule has 0 aliphatic rings. The number of hydrogen-bond donors (Lipinski definition) is 3. The van der Waals surface area contributed by atoms with Gasteiger partial charge in [-0.2, -0.15) is 0 Å². The molecule has 5 nitrogen and oxygen atoms in total. The van der Waals surface area contributed by atoms with Crippen LogP contribution in [0.4, 0.5) is 0 Å². The summed E-state index contributed by atoms with van der Waals surface area (Å²) in [5.74, 6) is -1.64. The van der Waals surface area contributed by atoms with Gasteiger partial charge in [-0.05, 0) is 23.6 Å². The number of carboxylic acids is 1. The first-order valence-electron chi connectivity index (χ1n) is 5.54. The number of nitrogens with one attached hydrogen (secondary N) is 1. The van der Waals surface area contributed by atoms with Crippen molar-refractivity contribution in [2.45, 2.75) is 26.8 Å². The maximum absolute atomic E-state index is 11.9. The zero-order valence-corrected chi connectivity index (χ0v) is 10.6. The molecule has 0 fully saturated rings. The van der Waals surface area contributed by atoms with Crippen molar-refractivity contribution in [2.75, 3.05) is 0 Å². The summed E-state index contributed by atoms with van der Waals surface area (Å²) in [5, 5.41) is 20.8. The van der Waals surface area contributed by atoms with Crippen molar-refractivity contribution >= 4 is 11.9 Å². The molecule has 98 valence electrons. The Kier molecular flexibility index (Phi) is 3.96. The molecule has 1 unspecified atom stereocenters. The third-order valence-electron chi connectivity index (χ3n) is 2.50. The predicted octanol–water partition coefficient (Wildman–Crippen LogP) is 1.62. The van der Waals surface area contributed by atoms with Gasteiger partial charge in [0.2, 0.25) is 0 Å². The quantitative estimate of drug-likeness (QED) is 0.762. The lowest BCUT2D eigenvalue weighted by Gasteiger charge is -2.27. The standard InChI is InChI=1S/C13H17NO4/c1-13(2,3)10(12(17)18)14-11(16)8-5-4-6-9(15)7-8/h4-7,10,15H,1-3H3,(H,14,16)(H,17,18). The average Bonchev–Trinajstić information content (AvgIpc) is 2.23. The summed E-state index contributed by atoms with van der Waals surface area (Å²) in [6, 6.07) is 4.77. The smallest absolute Gasteiger partial charge is 0.326 e. The molecule has 3 N–H and O–H groups in total. The van der Waals surface area contributed by atoms with Crippen LogP contribution in [0.25, 0.3) is 0 Å². The minimum atomic E-state index is -1.09. The van der Waals surface area contributed by atoms with Crippen molar-refractivity contribution in [1.82, 2.24) is 5.32 Å². The number of carbonyl (C=O) groups is 2. The topological polar surface area (TPSA) is 86.6 Å². The van der Waals surface area contributed by atoms with E-state index in [0.29, 0.717) is 0 Å². The highest BCUT2D eigenvalue weighted by Crippen LogP contribution is 2.20. The summed E-state index contributed by atoms with van der Waals surface area (Å²) >= 11 is 0. The first kappa shape index (κ1) is 14.0. The van der Waals surface area contributed by atoms with Crippen molar-refractivity contribution in [3.8, 4) is 5.75 Å². The number of rotatable bonds is 3. The van der Waals surface area contributed by atoms with E-state index in [-0.39, 0.29) is 11.3 Å². The van der Waals surface area contributed by atoms with Crippen LogP contribution in [-0.2, 0) is 4.79 Å². The fraction of sp³-hybridized carbons (Fsp3) is 0.385. The van der Waals surface area contributed by atoms with Crippen LogP contribution in [0.5, 0.6) is 5.75 Å².